The molecular weight excluding hydrogens is 539 g/mol. The Hall–Kier alpha value is -0.583. The van der Waals surface area contributed by atoms with Crippen LogP contribution in [0.3, 0.4) is 0 Å². The van der Waals surface area contributed by atoms with Crippen molar-refractivity contribution in [2.24, 2.45) is 0 Å². The van der Waals surface area contributed by atoms with E-state index >= 15 is 0 Å². The Morgan fingerprint density at radius 3 is 2.19 bits per heavy atom. The van der Waals surface area contributed by atoms with Gasteiger partial charge in [0.25, 0.3) is 0 Å². The first-order chi connectivity index (χ1) is 13.6. The molecule has 0 fully saturated rings. The first-order valence-corrected chi connectivity index (χ1v) is 25.8. The minimum atomic E-state index is -2.62. The number of ether oxygens (including phenoxy) is 1. The van der Waals surface area contributed by atoms with Crippen LogP contribution in [0.25, 0.3) is 11.8 Å². The molecule has 2 aromatic carbocycles. The summed E-state index contributed by atoms with van der Waals surface area (Å²) < 4.78 is 18.0. The van der Waals surface area contributed by atoms with Gasteiger partial charge in [-0.2, -0.15) is 0 Å². The first kappa shape index (κ1) is 26.7. The average molecular weight is 572 g/mol. The van der Waals surface area contributed by atoms with Crippen molar-refractivity contribution in [2.45, 2.75) is 37.9 Å². The molecule has 2 aliphatic carbocycles. The van der Waals surface area contributed by atoms with Crippen LogP contribution in [0.4, 0.5) is 0 Å². The summed E-state index contributed by atoms with van der Waals surface area (Å²) in [5, 5.41) is 0. The van der Waals surface area contributed by atoms with Crippen LogP contribution in [0.5, 0.6) is 0 Å². The van der Waals surface area contributed by atoms with E-state index in [9.17, 15) is 0 Å². The monoisotopic (exact) mass is 569 g/mol. The third-order valence-electron chi connectivity index (χ3n) is 6.13. The van der Waals surface area contributed by atoms with Crippen molar-refractivity contribution in [3.05, 3.63) is 82.6 Å². The van der Waals surface area contributed by atoms with Crippen LogP contribution in [-0.2, 0) is 31.2 Å². The SMILES string of the molecule is COC1=C(O[Si](C)(C)C)C([C]2([Zr]([CH3])([CH3])=[SiH2])C=Cc3ccccc32)c2ccccc21.Cl.Cl. The fourth-order valence-electron chi connectivity index (χ4n) is 5.02. The number of fused-ring (bicyclic) bond motifs is 2. The van der Waals surface area contributed by atoms with Crippen LogP contribution in [-0.4, -0.2) is 22.3 Å². The van der Waals surface area contributed by atoms with Gasteiger partial charge in [0.1, 0.15) is 0 Å². The van der Waals surface area contributed by atoms with Crippen molar-refractivity contribution >= 4 is 51.8 Å². The van der Waals surface area contributed by atoms with Crippen LogP contribution < -0.4 is 0 Å². The Balaban J connectivity index is 0.00000171. The Labute approximate surface area is 206 Å². The quantitative estimate of drug-likeness (QED) is 0.381. The summed E-state index contributed by atoms with van der Waals surface area (Å²) >= 11 is -2.62. The minimum absolute atomic E-state index is 0. The summed E-state index contributed by atoms with van der Waals surface area (Å²) in [5.74, 6) is 2.18. The normalized spacial score (nSPS) is 21.7. The maximum atomic E-state index is 6.84. The summed E-state index contributed by atoms with van der Waals surface area (Å²) in [6.07, 6.45) is 4.87. The molecule has 0 aromatic heterocycles. The van der Waals surface area contributed by atoms with E-state index in [2.05, 4.69) is 96.5 Å². The van der Waals surface area contributed by atoms with Crippen molar-refractivity contribution in [2.75, 3.05) is 7.11 Å². The van der Waals surface area contributed by atoms with E-state index in [0.717, 1.165) is 11.5 Å². The maximum absolute atomic E-state index is 6.84. The molecule has 7 heteroatoms. The van der Waals surface area contributed by atoms with Gasteiger partial charge in [0.15, 0.2) is 0 Å². The van der Waals surface area contributed by atoms with E-state index in [1.54, 1.807) is 7.11 Å². The number of allylic oxidation sites excluding steroid dienone is 2. The molecule has 0 radical (unpaired) electrons. The van der Waals surface area contributed by atoms with Crippen LogP contribution in [0.1, 0.15) is 28.2 Å². The van der Waals surface area contributed by atoms with Gasteiger partial charge in [-0.3, -0.25) is 0 Å². The van der Waals surface area contributed by atoms with Gasteiger partial charge < -0.3 is 0 Å². The fraction of sp³-hybridized carbons (Fsp3) is 0.333. The Morgan fingerprint density at radius 2 is 1.58 bits per heavy atom. The van der Waals surface area contributed by atoms with Gasteiger partial charge in [0.05, 0.1) is 0 Å². The molecule has 4 rings (SSSR count). The standard InChI is InChI=1S/C22H23O2Si.2CH3.2ClH.H2Si.Zr/c1-23-21-19-12-8-7-11-17(19)20(22(21)24-25(2,3)4)18-14-13-15-9-5-6-10-16(15)18;;;;;;/h5-14,20H,1-4H3;2*1H3;2*1H;1H2;. The summed E-state index contributed by atoms with van der Waals surface area (Å²) in [7, 11) is -0.0452. The predicted molar refractivity (Wildman–Crippen MR) is 139 cm³/mol. The van der Waals surface area contributed by atoms with Gasteiger partial charge in [-0.25, -0.2) is 0 Å². The van der Waals surface area contributed by atoms with E-state index in [4.69, 9.17) is 9.16 Å². The molecule has 0 spiro atoms. The molecule has 2 unspecified atom stereocenters. The molecule has 0 N–H and O–H groups in total. The third-order valence-corrected chi connectivity index (χ3v) is 17.7. The molecule has 2 aromatic rings. The zero-order valence-corrected chi connectivity index (χ0v) is 25.7. The smallest absolute Gasteiger partial charge is 0.147 e. The summed E-state index contributed by atoms with van der Waals surface area (Å²) in [5.41, 5.74) is 5.39. The van der Waals surface area contributed by atoms with Crippen molar-refractivity contribution in [1.82, 2.24) is 0 Å². The maximum Gasteiger partial charge on any atom is -0.147 e. The van der Waals surface area contributed by atoms with E-state index in [1.807, 2.05) is 0 Å². The Bertz CT molecular complexity index is 1080. The fourth-order valence-corrected chi connectivity index (χ4v) is 15.2. The minimum Gasteiger partial charge on any atom is -0.147 e. The molecule has 31 heavy (non-hydrogen) atoms. The van der Waals surface area contributed by atoms with Gasteiger partial charge >= 0.3 is 183 Å². The summed E-state index contributed by atoms with van der Waals surface area (Å²) in [4.78, 5) is 0. The van der Waals surface area contributed by atoms with Gasteiger partial charge in [0.2, 0.25) is 0 Å². The van der Waals surface area contributed by atoms with Crippen molar-refractivity contribution in [3.8, 4) is 0 Å². The predicted octanol–water partition coefficient (Wildman–Crippen LogP) is 6.51. The average Bonchev–Trinajstić information content (AvgIpc) is 3.16. The molecule has 2 atom stereocenters. The van der Waals surface area contributed by atoms with E-state index in [1.165, 1.54) is 22.3 Å². The van der Waals surface area contributed by atoms with Gasteiger partial charge in [0, 0.05) is 0 Å². The topological polar surface area (TPSA) is 18.5 Å². The zero-order valence-electron chi connectivity index (χ0n) is 19.2. The molecule has 0 aliphatic heterocycles. The largest absolute Gasteiger partial charge is 0.147 e. The molecule has 0 saturated heterocycles. The van der Waals surface area contributed by atoms with Crippen LogP contribution in [0, 0.1) is 0 Å². The van der Waals surface area contributed by atoms with Gasteiger partial charge in [-0.1, -0.05) is 0 Å². The number of benzene rings is 2. The second-order valence-electron chi connectivity index (χ2n) is 9.81. The van der Waals surface area contributed by atoms with Crippen molar-refractivity contribution < 1.29 is 28.0 Å². The molecule has 2 aliphatic rings. The number of hydrogen-bond acceptors (Lipinski definition) is 2. The summed E-state index contributed by atoms with van der Waals surface area (Å²) in [6, 6.07) is 17.7. The molecule has 0 heterocycles. The van der Waals surface area contributed by atoms with Crippen molar-refractivity contribution in [1.29, 1.82) is 0 Å². The van der Waals surface area contributed by atoms with Gasteiger partial charge in [-0.15, -0.1) is 24.8 Å². The third kappa shape index (κ3) is 4.34. The Morgan fingerprint density at radius 1 is 0.968 bits per heavy atom. The molecule has 0 bridgehead atoms. The number of hydrogen-bond donors (Lipinski definition) is 0. The number of methoxy groups -OCH3 is 1. The number of rotatable bonds is 5. The van der Waals surface area contributed by atoms with Crippen molar-refractivity contribution in [3.63, 3.8) is 0 Å². The zero-order chi connectivity index (χ0) is 21.0. The second-order valence-corrected chi connectivity index (χ2v) is 36.0. The number of halogens is 2. The summed E-state index contributed by atoms with van der Waals surface area (Å²) in [6.45, 7) is 9.09. The van der Waals surface area contributed by atoms with Crippen LogP contribution >= 0.6 is 24.8 Å². The van der Waals surface area contributed by atoms with E-state index in [-0.39, 0.29) is 33.9 Å². The molecule has 0 saturated carbocycles. The van der Waals surface area contributed by atoms with E-state index < -0.39 is 27.2 Å². The van der Waals surface area contributed by atoms with E-state index in [0.29, 0.717) is 0 Å². The first-order valence-electron chi connectivity index (χ1n) is 10.3. The second kappa shape index (κ2) is 9.35. The molecule has 2 nitrogen and oxygen atoms in total. The molecule has 0 amide bonds. The van der Waals surface area contributed by atoms with Crippen LogP contribution in [0.15, 0.2) is 60.4 Å². The molecular formula is C24H33Cl2O2Si2Zr. The Kier molecular flexibility index (Phi) is 8.04. The van der Waals surface area contributed by atoms with Crippen LogP contribution in [0.2, 0.25) is 28.9 Å². The molecule has 167 valence electrons. The van der Waals surface area contributed by atoms with Gasteiger partial charge in [-0.05, 0) is 0 Å².